The highest BCUT2D eigenvalue weighted by Crippen LogP contribution is 2.40. The van der Waals surface area contributed by atoms with E-state index in [0.29, 0.717) is 28.6 Å². The number of rotatable bonds is 4. The lowest BCUT2D eigenvalue weighted by Gasteiger charge is -2.23. The van der Waals surface area contributed by atoms with E-state index < -0.39 is 5.82 Å². The highest BCUT2D eigenvalue weighted by Gasteiger charge is 2.24. The number of nitrogens with two attached hydrogens (primary N) is 1. The van der Waals surface area contributed by atoms with Gasteiger partial charge in [-0.25, -0.2) is 9.37 Å². The molecule has 2 aromatic heterocycles. The fraction of sp³-hybridized carbons (Fsp3) is 0.308. The summed E-state index contributed by atoms with van der Waals surface area (Å²) in [4.78, 5) is 11.8. The molecule has 1 unspecified atom stereocenters. The molecule has 9 heteroatoms. The van der Waals surface area contributed by atoms with Crippen LogP contribution < -0.4 is 15.4 Å². The van der Waals surface area contributed by atoms with Crippen LogP contribution in [-0.4, -0.2) is 46.0 Å². The molecule has 0 spiro atoms. The van der Waals surface area contributed by atoms with Crippen LogP contribution in [0.3, 0.4) is 0 Å². The van der Waals surface area contributed by atoms with Crippen molar-refractivity contribution in [1.82, 2.24) is 19.7 Å². The third-order valence-corrected chi connectivity index (χ3v) is 6.38. The molecular weight excluding hydrogens is 445 g/mol. The zero-order valence-electron chi connectivity index (χ0n) is 19.7. The normalized spacial score (nSPS) is 16.2. The van der Waals surface area contributed by atoms with Gasteiger partial charge in [-0.05, 0) is 49.1 Å². The molecule has 1 aliphatic heterocycles. The number of aryl methyl sites for hydroxylation is 1. The number of halogens is 1. The Morgan fingerprint density at radius 3 is 2.71 bits per heavy atom. The van der Waals surface area contributed by atoms with E-state index in [2.05, 4.69) is 10.00 Å². The molecule has 0 amide bonds. The molecule has 178 valence electrons. The molecule has 1 saturated heterocycles. The van der Waals surface area contributed by atoms with Gasteiger partial charge in [0.15, 0.2) is 0 Å². The Kier molecular flexibility index (Phi) is 6.05. The van der Waals surface area contributed by atoms with E-state index in [4.69, 9.17) is 20.4 Å². The standard InChI is InChI=1S/C26H26FN7O/c1-33-15-19-12-16(7-8-22(19)32-33)23-24(17-5-6-18(14-28)21(27)13-17)30-26(31-25(23)35-2)34-10-3-4-20(29)9-11-34/h5-8,12-13,15,20H,3-4,9-11,29H2,1-2H3. The van der Waals surface area contributed by atoms with Crippen molar-refractivity contribution in [2.24, 2.45) is 12.8 Å². The first-order valence-corrected chi connectivity index (χ1v) is 11.6. The number of fused-ring (bicyclic) bond motifs is 1. The molecular formula is C26H26FN7O. The van der Waals surface area contributed by atoms with E-state index in [9.17, 15) is 9.65 Å². The number of nitriles is 1. The zero-order valence-corrected chi connectivity index (χ0v) is 19.7. The van der Waals surface area contributed by atoms with E-state index in [0.717, 1.165) is 48.8 Å². The minimum atomic E-state index is -0.599. The second-order valence-corrected chi connectivity index (χ2v) is 8.82. The van der Waals surface area contributed by atoms with Crippen LogP contribution in [0.1, 0.15) is 24.8 Å². The lowest BCUT2D eigenvalue weighted by Crippen LogP contribution is -2.28. The summed E-state index contributed by atoms with van der Waals surface area (Å²) in [6, 6.07) is 12.4. The summed E-state index contributed by atoms with van der Waals surface area (Å²) in [7, 11) is 3.44. The molecule has 1 fully saturated rings. The summed E-state index contributed by atoms with van der Waals surface area (Å²) in [6.07, 6.45) is 4.66. The van der Waals surface area contributed by atoms with Gasteiger partial charge in [0.25, 0.3) is 0 Å². The van der Waals surface area contributed by atoms with Gasteiger partial charge in [-0.1, -0.05) is 12.1 Å². The van der Waals surface area contributed by atoms with Crippen LogP contribution in [0.5, 0.6) is 5.88 Å². The van der Waals surface area contributed by atoms with E-state index in [1.165, 1.54) is 12.1 Å². The highest BCUT2D eigenvalue weighted by molar-refractivity contribution is 5.90. The number of hydrogen-bond acceptors (Lipinski definition) is 7. The van der Waals surface area contributed by atoms with Crippen LogP contribution >= 0.6 is 0 Å². The van der Waals surface area contributed by atoms with Crippen molar-refractivity contribution in [3.05, 3.63) is 54.0 Å². The topological polar surface area (TPSA) is 106 Å². The lowest BCUT2D eigenvalue weighted by molar-refractivity contribution is 0.399. The monoisotopic (exact) mass is 471 g/mol. The maximum Gasteiger partial charge on any atom is 0.229 e. The Bertz CT molecular complexity index is 1440. The van der Waals surface area contributed by atoms with Gasteiger partial charge in [-0.2, -0.15) is 15.3 Å². The van der Waals surface area contributed by atoms with Gasteiger partial charge >= 0.3 is 0 Å². The van der Waals surface area contributed by atoms with Crippen molar-refractivity contribution in [3.8, 4) is 34.3 Å². The maximum atomic E-state index is 14.7. The Labute approximate surface area is 202 Å². The fourth-order valence-corrected chi connectivity index (χ4v) is 4.57. The Hall–Kier alpha value is -4.03. The van der Waals surface area contributed by atoms with Crippen molar-refractivity contribution in [2.45, 2.75) is 25.3 Å². The smallest absolute Gasteiger partial charge is 0.229 e. The molecule has 5 rings (SSSR count). The summed E-state index contributed by atoms with van der Waals surface area (Å²) < 4.78 is 22.2. The highest BCUT2D eigenvalue weighted by atomic mass is 19.1. The number of anilines is 1. The number of hydrogen-bond donors (Lipinski definition) is 1. The van der Waals surface area contributed by atoms with Crippen LogP contribution in [0.2, 0.25) is 0 Å². The quantitative estimate of drug-likeness (QED) is 0.479. The molecule has 2 aromatic carbocycles. The summed E-state index contributed by atoms with van der Waals surface area (Å²) in [5.41, 5.74) is 9.57. The van der Waals surface area contributed by atoms with Crippen molar-refractivity contribution < 1.29 is 9.13 Å². The third kappa shape index (κ3) is 4.40. The molecule has 1 atom stereocenters. The summed E-state index contributed by atoms with van der Waals surface area (Å²) in [5.74, 6) is 0.312. The molecule has 35 heavy (non-hydrogen) atoms. The van der Waals surface area contributed by atoms with Crippen LogP contribution in [0.25, 0.3) is 33.3 Å². The number of aromatic nitrogens is 4. The van der Waals surface area contributed by atoms with Crippen molar-refractivity contribution in [2.75, 3.05) is 25.1 Å². The van der Waals surface area contributed by atoms with E-state index in [-0.39, 0.29) is 11.6 Å². The SMILES string of the molecule is COc1nc(N2CCCC(N)CC2)nc(-c2ccc(C#N)c(F)c2)c1-c1ccc2nn(C)cc2c1. The molecule has 4 aromatic rings. The van der Waals surface area contributed by atoms with Gasteiger partial charge in [0, 0.05) is 43.3 Å². The van der Waals surface area contributed by atoms with Crippen molar-refractivity contribution in [3.63, 3.8) is 0 Å². The third-order valence-electron chi connectivity index (χ3n) is 6.38. The number of benzene rings is 2. The first-order chi connectivity index (χ1) is 17.0. The lowest BCUT2D eigenvalue weighted by atomic mass is 9.98. The van der Waals surface area contributed by atoms with Gasteiger partial charge in [-0.15, -0.1) is 0 Å². The molecule has 0 saturated carbocycles. The van der Waals surface area contributed by atoms with Crippen LogP contribution in [-0.2, 0) is 7.05 Å². The first-order valence-electron chi connectivity index (χ1n) is 11.6. The van der Waals surface area contributed by atoms with Gasteiger partial charge in [-0.3, -0.25) is 4.68 Å². The Morgan fingerprint density at radius 2 is 1.94 bits per heavy atom. The largest absolute Gasteiger partial charge is 0.480 e. The number of nitrogens with zero attached hydrogens (tertiary/aromatic N) is 6. The van der Waals surface area contributed by atoms with Crippen molar-refractivity contribution >= 4 is 16.9 Å². The van der Waals surface area contributed by atoms with Gasteiger partial charge in [0.1, 0.15) is 11.9 Å². The maximum absolute atomic E-state index is 14.7. The number of ether oxygens (including phenoxy) is 1. The Balaban J connectivity index is 1.72. The number of methoxy groups -OCH3 is 1. The predicted molar refractivity (Wildman–Crippen MR) is 132 cm³/mol. The Morgan fingerprint density at radius 1 is 1.11 bits per heavy atom. The fourth-order valence-electron chi connectivity index (χ4n) is 4.57. The summed E-state index contributed by atoms with van der Waals surface area (Å²) in [6.45, 7) is 1.51. The molecule has 2 N–H and O–H groups in total. The molecule has 0 radical (unpaired) electrons. The average Bonchev–Trinajstić information content (AvgIpc) is 3.10. The van der Waals surface area contributed by atoms with E-state index >= 15 is 0 Å². The first kappa shape index (κ1) is 22.7. The second-order valence-electron chi connectivity index (χ2n) is 8.82. The van der Waals surface area contributed by atoms with Crippen LogP contribution in [0.15, 0.2) is 42.6 Å². The molecule has 3 heterocycles. The molecule has 0 bridgehead atoms. The summed E-state index contributed by atoms with van der Waals surface area (Å²) >= 11 is 0. The van der Waals surface area contributed by atoms with E-state index in [1.54, 1.807) is 17.9 Å². The molecule has 8 nitrogen and oxygen atoms in total. The van der Waals surface area contributed by atoms with Gasteiger partial charge in [0.05, 0.1) is 29.4 Å². The minimum Gasteiger partial charge on any atom is -0.480 e. The van der Waals surface area contributed by atoms with Crippen LogP contribution in [0, 0.1) is 17.1 Å². The zero-order chi connectivity index (χ0) is 24.5. The molecule has 1 aliphatic rings. The summed E-state index contributed by atoms with van der Waals surface area (Å²) in [5, 5.41) is 14.6. The minimum absolute atomic E-state index is 0.0187. The van der Waals surface area contributed by atoms with Crippen molar-refractivity contribution in [1.29, 1.82) is 5.26 Å². The van der Waals surface area contributed by atoms with E-state index in [1.807, 2.05) is 37.5 Å². The van der Waals surface area contributed by atoms with Gasteiger partial charge in [0.2, 0.25) is 11.8 Å². The van der Waals surface area contributed by atoms with Gasteiger partial charge < -0.3 is 15.4 Å². The second kappa shape index (κ2) is 9.31. The predicted octanol–water partition coefficient (Wildman–Crippen LogP) is 4.03. The van der Waals surface area contributed by atoms with Crippen LogP contribution in [0.4, 0.5) is 10.3 Å². The average molecular weight is 472 g/mol. The molecule has 0 aliphatic carbocycles.